The van der Waals surface area contributed by atoms with Crippen molar-refractivity contribution in [2.24, 2.45) is 0 Å². The second kappa shape index (κ2) is 8.68. The molecule has 1 saturated carbocycles. The molecule has 5 atom stereocenters. The molecule has 1 amide bonds. The molecular formula is C22H30F4N6O. The molecule has 3 aliphatic heterocycles. The highest BCUT2D eigenvalue weighted by molar-refractivity contribution is 5.88. The van der Waals surface area contributed by atoms with Crippen LogP contribution in [0.5, 0.6) is 0 Å². The molecule has 11 heteroatoms. The minimum absolute atomic E-state index is 0.00308. The molecule has 1 aliphatic carbocycles. The second-order valence-corrected chi connectivity index (χ2v) is 9.63. The lowest BCUT2D eigenvalue weighted by Crippen LogP contribution is -2.60. The SMILES string of the molecule is Cc1ccc(F)c2c1NC(C(=O)N[C@@H]1CCC[C@H](N3CCN4C(C3)NNC4C(F)(F)F)C1)C2. The van der Waals surface area contributed by atoms with Crippen molar-refractivity contribution in [1.29, 1.82) is 0 Å². The molecule has 33 heavy (non-hydrogen) atoms. The number of hydrazine groups is 1. The van der Waals surface area contributed by atoms with Gasteiger partial charge in [0.05, 0.1) is 6.17 Å². The number of halogens is 4. The minimum Gasteiger partial charge on any atom is -0.373 e. The molecule has 0 aromatic heterocycles. The largest absolute Gasteiger partial charge is 0.418 e. The smallest absolute Gasteiger partial charge is 0.373 e. The van der Waals surface area contributed by atoms with Gasteiger partial charge in [-0.05, 0) is 44.2 Å². The van der Waals surface area contributed by atoms with Crippen LogP contribution < -0.4 is 21.5 Å². The summed E-state index contributed by atoms with van der Waals surface area (Å²) in [6.45, 7) is 3.29. The van der Waals surface area contributed by atoms with Gasteiger partial charge in [-0.1, -0.05) is 6.07 Å². The summed E-state index contributed by atoms with van der Waals surface area (Å²) in [6, 6.07) is 2.87. The highest BCUT2D eigenvalue weighted by Crippen LogP contribution is 2.33. The van der Waals surface area contributed by atoms with Crippen molar-refractivity contribution in [3.05, 3.63) is 29.1 Å². The lowest BCUT2D eigenvalue weighted by molar-refractivity contribution is -0.188. The number of anilines is 1. The number of piperazine rings is 1. The van der Waals surface area contributed by atoms with Crippen LogP contribution in [0.1, 0.15) is 36.8 Å². The van der Waals surface area contributed by atoms with Crippen LogP contribution in [0.4, 0.5) is 23.2 Å². The van der Waals surface area contributed by atoms with Crippen LogP contribution >= 0.6 is 0 Å². The van der Waals surface area contributed by atoms with E-state index in [1.54, 1.807) is 6.07 Å². The van der Waals surface area contributed by atoms with Gasteiger partial charge in [0.15, 0.2) is 6.17 Å². The number of hydrogen-bond acceptors (Lipinski definition) is 6. The van der Waals surface area contributed by atoms with E-state index in [-0.39, 0.29) is 30.0 Å². The van der Waals surface area contributed by atoms with Crippen molar-refractivity contribution in [1.82, 2.24) is 26.0 Å². The third-order valence-electron chi connectivity index (χ3n) is 7.50. The van der Waals surface area contributed by atoms with Gasteiger partial charge >= 0.3 is 6.18 Å². The van der Waals surface area contributed by atoms with Crippen LogP contribution in [0.15, 0.2) is 12.1 Å². The van der Waals surface area contributed by atoms with Gasteiger partial charge in [0.25, 0.3) is 0 Å². The summed E-state index contributed by atoms with van der Waals surface area (Å²) in [4.78, 5) is 16.6. The number of hydrogen-bond donors (Lipinski definition) is 4. The summed E-state index contributed by atoms with van der Waals surface area (Å²) in [7, 11) is 0. The molecule has 2 saturated heterocycles. The normalized spacial score (nSPS) is 32.8. The van der Waals surface area contributed by atoms with E-state index in [0.717, 1.165) is 31.2 Å². The predicted octanol–water partition coefficient (Wildman–Crippen LogP) is 1.84. The molecular weight excluding hydrogens is 440 g/mol. The fourth-order valence-electron chi connectivity index (χ4n) is 5.77. The Hall–Kier alpha value is -1.95. The van der Waals surface area contributed by atoms with Gasteiger partial charge in [0.1, 0.15) is 11.9 Å². The molecule has 0 spiro atoms. The molecule has 182 valence electrons. The van der Waals surface area contributed by atoms with E-state index < -0.39 is 18.4 Å². The highest BCUT2D eigenvalue weighted by atomic mass is 19.4. The Kier molecular flexibility index (Phi) is 6.00. The summed E-state index contributed by atoms with van der Waals surface area (Å²) in [5, 5.41) is 6.31. The van der Waals surface area contributed by atoms with Crippen LogP contribution in [-0.4, -0.2) is 72.0 Å². The molecule has 3 heterocycles. The second-order valence-electron chi connectivity index (χ2n) is 9.63. The Bertz CT molecular complexity index is 881. The van der Waals surface area contributed by atoms with E-state index in [1.807, 2.05) is 6.92 Å². The zero-order valence-corrected chi connectivity index (χ0v) is 18.5. The highest BCUT2D eigenvalue weighted by Gasteiger charge is 2.51. The van der Waals surface area contributed by atoms with Crippen LogP contribution in [0.2, 0.25) is 0 Å². The van der Waals surface area contributed by atoms with E-state index in [0.29, 0.717) is 37.3 Å². The molecule has 5 rings (SSSR count). The number of nitrogens with zero attached hydrogens (tertiary/aromatic N) is 2. The first kappa shape index (κ1) is 22.8. The van der Waals surface area contributed by atoms with Gasteiger partial charge in [0, 0.05) is 49.4 Å². The maximum absolute atomic E-state index is 14.2. The van der Waals surface area contributed by atoms with E-state index >= 15 is 0 Å². The number of amides is 1. The van der Waals surface area contributed by atoms with Gasteiger partial charge in [-0.25, -0.2) is 15.2 Å². The molecule has 0 radical (unpaired) electrons. The number of aryl methyl sites for hydroxylation is 1. The fourth-order valence-corrected chi connectivity index (χ4v) is 5.77. The lowest BCUT2D eigenvalue weighted by Gasteiger charge is -2.44. The summed E-state index contributed by atoms with van der Waals surface area (Å²) >= 11 is 0. The van der Waals surface area contributed by atoms with Crippen LogP contribution in [-0.2, 0) is 11.2 Å². The Balaban J connectivity index is 1.16. The molecule has 1 aromatic carbocycles. The number of fused-ring (bicyclic) bond motifs is 2. The Labute approximate surface area is 190 Å². The number of nitrogens with one attached hydrogen (secondary N) is 4. The van der Waals surface area contributed by atoms with Crippen LogP contribution in [0, 0.1) is 12.7 Å². The third kappa shape index (κ3) is 4.43. The van der Waals surface area contributed by atoms with Crippen molar-refractivity contribution in [2.45, 2.75) is 75.7 Å². The van der Waals surface area contributed by atoms with Crippen molar-refractivity contribution in [3.8, 4) is 0 Å². The Morgan fingerprint density at radius 2 is 2.00 bits per heavy atom. The van der Waals surface area contributed by atoms with Gasteiger partial charge < -0.3 is 10.6 Å². The quantitative estimate of drug-likeness (QED) is 0.506. The van der Waals surface area contributed by atoms with E-state index in [4.69, 9.17) is 0 Å². The molecule has 7 nitrogen and oxygen atoms in total. The first-order valence-corrected chi connectivity index (χ1v) is 11.6. The maximum atomic E-state index is 14.2. The molecule has 3 unspecified atom stereocenters. The van der Waals surface area contributed by atoms with Crippen molar-refractivity contribution in [3.63, 3.8) is 0 Å². The Morgan fingerprint density at radius 3 is 2.76 bits per heavy atom. The lowest BCUT2D eigenvalue weighted by atomic mass is 9.89. The van der Waals surface area contributed by atoms with E-state index in [9.17, 15) is 22.4 Å². The minimum atomic E-state index is -4.32. The first-order chi connectivity index (χ1) is 15.7. The summed E-state index contributed by atoms with van der Waals surface area (Å²) in [5.41, 5.74) is 7.36. The monoisotopic (exact) mass is 470 g/mol. The number of carbonyl (C=O) groups is 1. The number of benzene rings is 1. The van der Waals surface area contributed by atoms with Gasteiger partial charge in [-0.2, -0.15) is 13.2 Å². The van der Waals surface area contributed by atoms with Gasteiger partial charge in [-0.15, -0.1) is 0 Å². The predicted molar refractivity (Wildman–Crippen MR) is 115 cm³/mol. The van der Waals surface area contributed by atoms with Crippen LogP contribution in [0.3, 0.4) is 0 Å². The molecule has 3 fully saturated rings. The molecule has 1 aromatic rings. The molecule has 4 N–H and O–H groups in total. The van der Waals surface area contributed by atoms with Crippen molar-refractivity contribution < 1.29 is 22.4 Å². The summed E-state index contributed by atoms with van der Waals surface area (Å²) < 4.78 is 53.7. The zero-order chi connectivity index (χ0) is 23.3. The number of carbonyl (C=O) groups excluding carboxylic acids is 1. The average molecular weight is 471 g/mol. The molecule has 4 aliphatic rings. The molecule has 0 bridgehead atoms. The summed E-state index contributed by atoms with van der Waals surface area (Å²) in [6.07, 6.45) is -2.49. The number of alkyl halides is 3. The van der Waals surface area contributed by atoms with Gasteiger partial charge in [0.2, 0.25) is 5.91 Å². The fraction of sp³-hybridized carbons (Fsp3) is 0.682. The van der Waals surface area contributed by atoms with E-state index in [1.165, 1.54) is 11.0 Å². The number of rotatable bonds is 3. The van der Waals surface area contributed by atoms with E-state index in [2.05, 4.69) is 26.4 Å². The standard InChI is InChI=1S/C22H30F4N6O/c1-12-5-6-16(23)15-10-17(28-19(12)15)20(33)27-13-3-2-4-14(9-13)31-7-8-32-18(11-31)29-30-21(32)22(24,25)26/h5-6,13-14,17-18,21,28-30H,2-4,7-11H2,1H3,(H,27,33)/t13-,14+,17?,18?,21?/m1/s1. The van der Waals surface area contributed by atoms with Crippen molar-refractivity contribution in [2.75, 3.05) is 25.0 Å². The van der Waals surface area contributed by atoms with Gasteiger partial charge in [-0.3, -0.25) is 14.6 Å². The third-order valence-corrected chi connectivity index (χ3v) is 7.50. The zero-order valence-electron chi connectivity index (χ0n) is 18.5. The average Bonchev–Trinajstić information content (AvgIpc) is 3.41. The van der Waals surface area contributed by atoms with Crippen LogP contribution in [0.25, 0.3) is 0 Å². The maximum Gasteiger partial charge on any atom is 0.418 e. The summed E-state index contributed by atoms with van der Waals surface area (Å²) in [5.74, 6) is -0.423. The topological polar surface area (TPSA) is 71.7 Å². The Morgan fingerprint density at radius 1 is 1.18 bits per heavy atom. The first-order valence-electron chi connectivity index (χ1n) is 11.6. The van der Waals surface area contributed by atoms with Crippen molar-refractivity contribution >= 4 is 11.6 Å².